The molecule has 1 fully saturated rings. The molecule has 0 bridgehead atoms. The number of carbonyl (C=O) groups is 1. The predicted molar refractivity (Wildman–Crippen MR) is 111 cm³/mol. The van der Waals surface area contributed by atoms with Crippen molar-refractivity contribution in [1.29, 1.82) is 0 Å². The van der Waals surface area contributed by atoms with Gasteiger partial charge in [0.1, 0.15) is 5.75 Å². The van der Waals surface area contributed by atoms with Crippen molar-refractivity contribution in [2.24, 2.45) is 5.10 Å². The van der Waals surface area contributed by atoms with Crippen LogP contribution in [-0.4, -0.2) is 48.3 Å². The van der Waals surface area contributed by atoms with Crippen LogP contribution in [0.15, 0.2) is 53.6 Å². The second kappa shape index (κ2) is 8.15. The molecule has 1 amide bonds. The summed E-state index contributed by atoms with van der Waals surface area (Å²) in [5.74, 6) is 0.857. The predicted octanol–water partition coefficient (Wildman–Crippen LogP) is 3.78. The van der Waals surface area contributed by atoms with Gasteiger partial charge in [0.15, 0.2) is 0 Å². The molecule has 5 nitrogen and oxygen atoms in total. The molecule has 2 aromatic carbocycles. The lowest BCUT2D eigenvalue weighted by molar-refractivity contribution is -0.134. The highest BCUT2D eigenvalue weighted by molar-refractivity contribution is 6.05. The van der Waals surface area contributed by atoms with Gasteiger partial charge in [-0.3, -0.25) is 9.69 Å². The first kappa shape index (κ1) is 18.7. The van der Waals surface area contributed by atoms with Gasteiger partial charge >= 0.3 is 0 Å². The summed E-state index contributed by atoms with van der Waals surface area (Å²) in [6, 6.07) is 16.2. The smallest absolute Gasteiger partial charge is 0.257 e. The largest absolute Gasteiger partial charge is 0.496 e. The highest BCUT2D eigenvalue weighted by Gasteiger charge is 2.34. The molecular formula is C23H27N3O2. The van der Waals surface area contributed by atoms with E-state index < -0.39 is 0 Å². The number of carbonyl (C=O) groups excluding carboxylic acids is 1. The molecule has 0 spiro atoms. The van der Waals surface area contributed by atoms with Crippen LogP contribution in [0.2, 0.25) is 0 Å². The fourth-order valence-electron chi connectivity index (χ4n) is 4.04. The van der Waals surface area contributed by atoms with E-state index in [1.807, 2.05) is 24.3 Å². The third kappa shape index (κ3) is 3.80. The minimum Gasteiger partial charge on any atom is -0.496 e. The lowest BCUT2D eigenvalue weighted by Crippen LogP contribution is -2.36. The average Bonchev–Trinajstić information content (AvgIpc) is 3.38. The molecule has 0 unspecified atom stereocenters. The molecule has 146 valence electrons. The third-order valence-corrected chi connectivity index (χ3v) is 5.60. The lowest BCUT2D eigenvalue weighted by atomic mass is 9.97. The van der Waals surface area contributed by atoms with Crippen LogP contribution >= 0.6 is 0 Å². The van der Waals surface area contributed by atoms with Crippen LogP contribution in [0.5, 0.6) is 5.75 Å². The Morgan fingerprint density at radius 2 is 1.82 bits per heavy atom. The summed E-state index contributed by atoms with van der Waals surface area (Å²) in [5, 5.41) is 6.48. The zero-order valence-electron chi connectivity index (χ0n) is 16.6. The van der Waals surface area contributed by atoms with Crippen molar-refractivity contribution >= 4 is 11.6 Å². The molecule has 1 saturated heterocycles. The third-order valence-electron chi connectivity index (χ3n) is 5.60. The van der Waals surface area contributed by atoms with Crippen molar-refractivity contribution in [3.05, 3.63) is 65.2 Å². The lowest BCUT2D eigenvalue weighted by Gasteiger charge is -2.24. The summed E-state index contributed by atoms with van der Waals surface area (Å²) in [5.41, 5.74) is 4.19. The SMILES string of the molecule is COc1ccccc1C1=NN(C(=O)CN2CCCC2)[C@H](c2ccc(C)cc2)C1. The van der Waals surface area contributed by atoms with Crippen molar-refractivity contribution in [1.82, 2.24) is 9.91 Å². The average molecular weight is 377 g/mol. The maximum atomic E-state index is 13.1. The van der Waals surface area contributed by atoms with Gasteiger partial charge in [-0.15, -0.1) is 0 Å². The van der Waals surface area contributed by atoms with Crippen LogP contribution in [0, 0.1) is 6.92 Å². The van der Waals surface area contributed by atoms with E-state index in [1.54, 1.807) is 12.1 Å². The first-order valence-electron chi connectivity index (χ1n) is 9.97. The van der Waals surface area contributed by atoms with E-state index in [4.69, 9.17) is 9.84 Å². The fraction of sp³-hybridized carbons (Fsp3) is 0.391. The summed E-state index contributed by atoms with van der Waals surface area (Å²) >= 11 is 0. The van der Waals surface area contributed by atoms with Crippen LogP contribution in [0.25, 0.3) is 0 Å². The highest BCUT2D eigenvalue weighted by atomic mass is 16.5. The molecule has 5 heteroatoms. The molecular weight excluding hydrogens is 350 g/mol. The quantitative estimate of drug-likeness (QED) is 0.797. The summed E-state index contributed by atoms with van der Waals surface area (Å²) < 4.78 is 5.53. The summed E-state index contributed by atoms with van der Waals surface area (Å²) in [4.78, 5) is 15.4. The molecule has 0 saturated carbocycles. The number of ether oxygens (including phenoxy) is 1. The molecule has 0 N–H and O–H groups in total. The van der Waals surface area contributed by atoms with E-state index in [9.17, 15) is 4.79 Å². The van der Waals surface area contributed by atoms with Crippen LogP contribution in [-0.2, 0) is 4.79 Å². The van der Waals surface area contributed by atoms with Gasteiger partial charge in [-0.2, -0.15) is 5.10 Å². The molecule has 4 rings (SSSR count). The maximum absolute atomic E-state index is 13.1. The number of amides is 1. The number of likely N-dealkylation sites (tertiary alicyclic amines) is 1. The molecule has 1 atom stereocenters. The minimum absolute atomic E-state index is 0.0670. The normalized spacial score (nSPS) is 19.7. The first-order chi connectivity index (χ1) is 13.7. The fourth-order valence-corrected chi connectivity index (χ4v) is 4.04. The van der Waals surface area contributed by atoms with Gasteiger partial charge in [-0.05, 0) is 50.6 Å². The van der Waals surface area contributed by atoms with Gasteiger partial charge in [-0.1, -0.05) is 42.0 Å². The van der Waals surface area contributed by atoms with Gasteiger partial charge in [0.2, 0.25) is 0 Å². The molecule has 0 radical (unpaired) electrons. The molecule has 2 aliphatic rings. The zero-order valence-corrected chi connectivity index (χ0v) is 16.6. The Hall–Kier alpha value is -2.66. The molecule has 28 heavy (non-hydrogen) atoms. The van der Waals surface area contributed by atoms with Crippen LogP contribution < -0.4 is 4.74 Å². The van der Waals surface area contributed by atoms with Gasteiger partial charge < -0.3 is 4.74 Å². The number of hydrogen-bond donors (Lipinski definition) is 0. The van der Waals surface area contributed by atoms with Gasteiger partial charge in [0.05, 0.1) is 25.4 Å². The summed E-state index contributed by atoms with van der Waals surface area (Å²) in [7, 11) is 1.67. The van der Waals surface area contributed by atoms with Gasteiger partial charge in [0, 0.05) is 12.0 Å². The minimum atomic E-state index is -0.0735. The Labute approximate surface area is 166 Å². The van der Waals surface area contributed by atoms with Crippen molar-refractivity contribution < 1.29 is 9.53 Å². The molecule has 2 aromatic rings. The van der Waals surface area contributed by atoms with Crippen molar-refractivity contribution in [3.8, 4) is 5.75 Å². The molecule has 2 heterocycles. The Morgan fingerprint density at radius 3 is 2.54 bits per heavy atom. The number of hydrazone groups is 1. The number of benzene rings is 2. The molecule has 2 aliphatic heterocycles. The Kier molecular flexibility index (Phi) is 5.44. The first-order valence-corrected chi connectivity index (χ1v) is 9.97. The number of rotatable bonds is 5. The van der Waals surface area contributed by atoms with Crippen LogP contribution in [0.3, 0.4) is 0 Å². The number of para-hydroxylation sites is 1. The Morgan fingerprint density at radius 1 is 1.11 bits per heavy atom. The van der Waals surface area contributed by atoms with E-state index in [2.05, 4.69) is 36.1 Å². The monoisotopic (exact) mass is 377 g/mol. The van der Waals surface area contributed by atoms with Crippen LogP contribution in [0.4, 0.5) is 0 Å². The van der Waals surface area contributed by atoms with Crippen LogP contribution in [0.1, 0.15) is 42.0 Å². The number of nitrogens with zero attached hydrogens (tertiary/aromatic N) is 3. The number of methoxy groups -OCH3 is 1. The maximum Gasteiger partial charge on any atom is 0.257 e. The second-order valence-corrected chi connectivity index (χ2v) is 7.60. The zero-order chi connectivity index (χ0) is 19.5. The van der Waals surface area contributed by atoms with E-state index >= 15 is 0 Å². The number of aryl methyl sites for hydroxylation is 1. The standard InChI is InChI=1S/C23H27N3O2/c1-17-9-11-18(12-10-17)21-15-20(19-7-3-4-8-22(19)28-2)24-26(21)23(27)16-25-13-5-6-14-25/h3-4,7-12,21H,5-6,13-16H2,1-2H3/t21-/m0/s1. The van der Waals surface area contributed by atoms with Crippen molar-refractivity contribution in [3.63, 3.8) is 0 Å². The van der Waals surface area contributed by atoms with Gasteiger partial charge in [-0.25, -0.2) is 5.01 Å². The highest BCUT2D eigenvalue weighted by Crippen LogP contribution is 2.35. The van der Waals surface area contributed by atoms with E-state index in [0.717, 1.165) is 35.7 Å². The molecule has 0 aromatic heterocycles. The summed E-state index contributed by atoms with van der Waals surface area (Å²) in [6.45, 7) is 4.51. The number of hydrogen-bond acceptors (Lipinski definition) is 4. The van der Waals surface area contributed by atoms with E-state index in [-0.39, 0.29) is 11.9 Å². The van der Waals surface area contributed by atoms with Crippen molar-refractivity contribution in [2.75, 3.05) is 26.7 Å². The Balaban J connectivity index is 1.65. The topological polar surface area (TPSA) is 45.1 Å². The summed E-state index contributed by atoms with van der Waals surface area (Å²) in [6.07, 6.45) is 3.03. The van der Waals surface area contributed by atoms with E-state index in [0.29, 0.717) is 13.0 Å². The molecule has 0 aliphatic carbocycles. The Bertz CT molecular complexity index is 870. The van der Waals surface area contributed by atoms with Gasteiger partial charge in [0.25, 0.3) is 5.91 Å². The van der Waals surface area contributed by atoms with E-state index in [1.165, 1.54) is 18.4 Å². The van der Waals surface area contributed by atoms with Crippen molar-refractivity contribution in [2.45, 2.75) is 32.2 Å². The second-order valence-electron chi connectivity index (χ2n) is 7.60.